The minimum atomic E-state index is -0.882. The number of hydrazine groups is 1. The number of amides is 4. The normalized spacial score (nSPS) is 15.7. The first kappa shape index (κ1) is 15.3. The van der Waals surface area contributed by atoms with Crippen LogP contribution in [0.15, 0.2) is 0 Å². The Hall–Kier alpha value is -1.79. The monoisotopic (exact) mass is 270 g/mol. The Morgan fingerprint density at radius 2 is 1.58 bits per heavy atom. The zero-order valence-electron chi connectivity index (χ0n) is 11.4. The Morgan fingerprint density at radius 1 is 0.947 bits per heavy atom. The van der Waals surface area contributed by atoms with E-state index in [1.807, 2.05) is 0 Å². The number of carbonyl (C=O) groups is 3. The van der Waals surface area contributed by atoms with Gasteiger partial charge in [0.1, 0.15) is 0 Å². The van der Waals surface area contributed by atoms with Crippen LogP contribution >= 0.6 is 0 Å². The largest absolute Gasteiger partial charge is 0.346 e. The molecular formula is C12H22N4O3. The second kappa shape index (κ2) is 7.60. The van der Waals surface area contributed by atoms with Crippen LogP contribution in [0.1, 0.15) is 46.0 Å². The number of urea groups is 1. The molecule has 108 valence electrons. The zero-order valence-corrected chi connectivity index (χ0v) is 11.4. The summed E-state index contributed by atoms with van der Waals surface area (Å²) in [5.74, 6) is -1.65. The van der Waals surface area contributed by atoms with Crippen molar-refractivity contribution in [2.75, 3.05) is 0 Å². The van der Waals surface area contributed by atoms with Gasteiger partial charge in [0.15, 0.2) is 0 Å². The van der Waals surface area contributed by atoms with Crippen molar-refractivity contribution in [3.8, 4) is 0 Å². The summed E-state index contributed by atoms with van der Waals surface area (Å²) in [6.07, 6.45) is 5.32. The van der Waals surface area contributed by atoms with Crippen LogP contribution in [0.3, 0.4) is 0 Å². The van der Waals surface area contributed by atoms with Gasteiger partial charge in [0.05, 0.1) is 0 Å². The number of nitrogens with one attached hydrogen (secondary N) is 4. The van der Waals surface area contributed by atoms with E-state index in [-0.39, 0.29) is 12.1 Å². The first-order valence-electron chi connectivity index (χ1n) is 6.66. The van der Waals surface area contributed by atoms with E-state index in [1.165, 1.54) is 6.42 Å². The van der Waals surface area contributed by atoms with Crippen molar-refractivity contribution < 1.29 is 14.4 Å². The smallest absolute Gasteiger partial charge is 0.333 e. The van der Waals surface area contributed by atoms with Crippen molar-refractivity contribution in [2.45, 2.75) is 58.0 Å². The van der Waals surface area contributed by atoms with Crippen molar-refractivity contribution >= 4 is 17.8 Å². The van der Waals surface area contributed by atoms with Crippen LogP contribution in [0, 0.1) is 0 Å². The fourth-order valence-corrected chi connectivity index (χ4v) is 1.97. The predicted octanol–water partition coefficient (Wildman–Crippen LogP) is 0.174. The molecule has 1 saturated carbocycles. The molecule has 0 radical (unpaired) electrons. The molecule has 7 nitrogen and oxygen atoms in total. The molecule has 0 saturated heterocycles. The summed E-state index contributed by atoms with van der Waals surface area (Å²) in [5, 5.41) is 5.18. The summed E-state index contributed by atoms with van der Waals surface area (Å²) in [4.78, 5) is 34.1. The van der Waals surface area contributed by atoms with E-state index in [2.05, 4.69) is 21.5 Å². The van der Waals surface area contributed by atoms with Crippen molar-refractivity contribution in [3.63, 3.8) is 0 Å². The summed E-state index contributed by atoms with van der Waals surface area (Å²) in [7, 11) is 0. The molecule has 1 aliphatic carbocycles. The summed E-state index contributed by atoms with van der Waals surface area (Å²) < 4.78 is 0. The van der Waals surface area contributed by atoms with Crippen LogP contribution in [-0.4, -0.2) is 29.9 Å². The second-order valence-corrected chi connectivity index (χ2v) is 5.02. The van der Waals surface area contributed by atoms with E-state index < -0.39 is 17.8 Å². The van der Waals surface area contributed by atoms with Crippen LogP contribution in [0.4, 0.5) is 4.79 Å². The van der Waals surface area contributed by atoms with Crippen molar-refractivity contribution in [1.29, 1.82) is 0 Å². The van der Waals surface area contributed by atoms with E-state index in [1.54, 1.807) is 13.8 Å². The number of rotatable bonds is 2. The van der Waals surface area contributed by atoms with Crippen LogP contribution in [0.5, 0.6) is 0 Å². The highest BCUT2D eigenvalue weighted by atomic mass is 16.2. The van der Waals surface area contributed by atoms with Crippen molar-refractivity contribution in [3.05, 3.63) is 0 Å². The minimum Gasteiger partial charge on any atom is -0.346 e. The Bertz CT molecular complexity index is 338. The van der Waals surface area contributed by atoms with Gasteiger partial charge in [0.2, 0.25) is 0 Å². The number of hydrogen-bond acceptors (Lipinski definition) is 3. The molecule has 19 heavy (non-hydrogen) atoms. The van der Waals surface area contributed by atoms with Gasteiger partial charge in [-0.25, -0.2) is 10.2 Å². The molecule has 4 amide bonds. The van der Waals surface area contributed by atoms with E-state index in [9.17, 15) is 14.4 Å². The van der Waals surface area contributed by atoms with Crippen molar-refractivity contribution in [2.24, 2.45) is 0 Å². The molecule has 1 rings (SSSR count). The maximum atomic E-state index is 11.5. The molecule has 0 aromatic carbocycles. The first-order valence-corrected chi connectivity index (χ1v) is 6.66. The SMILES string of the molecule is CC(C)NC(=O)C(=O)NNC(=O)NC1CCCCC1. The van der Waals surface area contributed by atoms with Gasteiger partial charge in [0, 0.05) is 12.1 Å². The standard InChI is InChI=1S/C12H22N4O3/c1-8(2)13-10(17)11(18)15-16-12(19)14-9-6-4-3-5-7-9/h8-9H,3-7H2,1-2H3,(H,13,17)(H,15,18)(H2,14,16,19). The van der Waals surface area contributed by atoms with Crippen LogP contribution < -0.4 is 21.5 Å². The van der Waals surface area contributed by atoms with E-state index in [0.29, 0.717) is 0 Å². The first-order chi connectivity index (χ1) is 8.99. The molecule has 0 aromatic heterocycles. The lowest BCUT2D eigenvalue weighted by Crippen LogP contribution is -2.54. The van der Waals surface area contributed by atoms with Crippen LogP contribution in [-0.2, 0) is 9.59 Å². The molecule has 1 fully saturated rings. The van der Waals surface area contributed by atoms with Gasteiger partial charge in [0.25, 0.3) is 0 Å². The van der Waals surface area contributed by atoms with Gasteiger partial charge in [-0.3, -0.25) is 15.0 Å². The summed E-state index contributed by atoms with van der Waals surface area (Å²) in [6, 6.07) is -0.470. The zero-order chi connectivity index (χ0) is 14.3. The molecule has 7 heteroatoms. The van der Waals surface area contributed by atoms with E-state index >= 15 is 0 Å². The Kier molecular flexibility index (Phi) is 6.11. The van der Waals surface area contributed by atoms with Crippen LogP contribution in [0.2, 0.25) is 0 Å². The predicted molar refractivity (Wildman–Crippen MR) is 70.0 cm³/mol. The minimum absolute atomic E-state index is 0.130. The maximum absolute atomic E-state index is 11.5. The fourth-order valence-electron chi connectivity index (χ4n) is 1.97. The highest BCUT2D eigenvalue weighted by Crippen LogP contribution is 2.16. The highest BCUT2D eigenvalue weighted by Gasteiger charge is 2.17. The topological polar surface area (TPSA) is 99.3 Å². The molecule has 0 aliphatic heterocycles. The molecule has 0 spiro atoms. The van der Waals surface area contributed by atoms with Gasteiger partial charge in [-0.15, -0.1) is 0 Å². The van der Waals surface area contributed by atoms with Gasteiger partial charge in [-0.05, 0) is 26.7 Å². The third-order valence-electron chi connectivity index (χ3n) is 2.86. The lowest BCUT2D eigenvalue weighted by atomic mass is 9.96. The van der Waals surface area contributed by atoms with Gasteiger partial charge in [-0.2, -0.15) is 0 Å². The highest BCUT2D eigenvalue weighted by molar-refractivity contribution is 6.35. The molecule has 0 atom stereocenters. The molecule has 0 bridgehead atoms. The van der Waals surface area contributed by atoms with E-state index in [4.69, 9.17) is 0 Å². The molecule has 0 aromatic rings. The molecule has 0 heterocycles. The van der Waals surface area contributed by atoms with Crippen LogP contribution in [0.25, 0.3) is 0 Å². The van der Waals surface area contributed by atoms with E-state index in [0.717, 1.165) is 25.7 Å². The third kappa shape index (κ3) is 6.08. The Morgan fingerprint density at radius 3 is 2.16 bits per heavy atom. The molecular weight excluding hydrogens is 248 g/mol. The quantitative estimate of drug-likeness (QED) is 0.425. The molecule has 4 N–H and O–H groups in total. The molecule has 0 unspecified atom stereocenters. The Balaban J connectivity index is 2.21. The van der Waals surface area contributed by atoms with Gasteiger partial charge >= 0.3 is 17.8 Å². The summed E-state index contributed by atoms with van der Waals surface area (Å²) in [5.41, 5.74) is 4.24. The Labute approximate surface area is 112 Å². The van der Waals surface area contributed by atoms with Gasteiger partial charge < -0.3 is 10.6 Å². The lowest BCUT2D eigenvalue weighted by Gasteiger charge is -2.22. The second-order valence-electron chi connectivity index (χ2n) is 5.02. The summed E-state index contributed by atoms with van der Waals surface area (Å²) >= 11 is 0. The van der Waals surface area contributed by atoms with Gasteiger partial charge in [-0.1, -0.05) is 19.3 Å². The van der Waals surface area contributed by atoms with Crippen molar-refractivity contribution in [1.82, 2.24) is 21.5 Å². The molecule has 1 aliphatic rings. The average molecular weight is 270 g/mol. The lowest BCUT2D eigenvalue weighted by molar-refractivity contribution is -0.139. The third-order valence-corrected chi connectivity index (χ3v) is 2.86. The maximum Gasteiger partial charge on any atom is 0.333 e. The number of hydrogen-bond donors (Lipinski definition) is 4. The fraction of sp³-hybridized carbons (Fsp3) is 0.750. The number of carbonyl (C=O) groups excluding carboxylic acids is 3. The average Bonchev–Trinajstić information content (AvgIpc) is 2.36. The summed E-state index contributed by atoms with van der Waals surface area (Å²) in [6.45, 7) is 3.49.